The van der Waals surface area contributed by atoms with E-state index >= 15 is 0 Å². The number of carbonyl (C=O) groups excluding carboxylic acids is 1. The quantitative estimate of drug-likeness (QED) is 0.484. The Balaban J connectivity index is 1.68. The molecule has 5 rings (SSSR count). The fraction of sp³-hybridized carbons (Fsp3) is 0.0800. The van der Waals surface area contributed by atoms with Crippen molar-refractivity contribution < 1.29 is 9.18 Å². The number of thiazole rings is 1. The van der Waals surface area contributed by atoms with E-state index in [-0.39, 0.29) is 17.3 Å². The summed E-state index contributed by atoms with van der Waals surface area (Å²) in [5.74, 6) is -0.746. The number of carbonyl (C=O) groups is 1. The number of nitrogens with zero attached hydrogens (tertiary/aromatic N) is 2. The fourth-order valence-corrected chi connectivity index (χ4v) is 5.56. The van der Waals surface area contributed by atoms with Crippen LogP contribution >= 0.6 is 22.7 Å². The van der Waals surface area contributed by atoms with Crippen LogP contribution < -0.4 is 20.2 Å². The second kappa shape index (κ2) is 8.73. The van der Waals surface area contributed by atoms with Crippen molar-refractivity contribution in [1.29, 1.82) is 0 Å². The highest BCUT2D eigenvalue weighted by molar-refractivity contribution is 7.11. The van der Waals surface area contributed by atoms with E-state index in [1.807, 2.05) is 41.8 Å². The summed E-state index contributed by atoms with van der Waals surface area (Å²) >= 11 is 2.81. The number of fused-ring (bicyclic) bond motifs is 1. The van der Waals surface area contributed by atoms with Gasteiger partial charge in [-0.3, -0.25) is 14.2 Å². The van der Waals surface area contributed by atoms with Gasteiger partial charge >= 0.3 is 0 Å². The Morgan fingerprint density at radius 1 is 1.09 bits per heavy atom. The van der Waals surface area contributed by atoms with Gasteiger partial charge in [-0.15, -0.1) is 11.3 Å². The highest BCUT2D eigenvalue weighted by atomic mass is 32.1. The number of hydrogen-bond acceptors (Lipinski definition) is 5. The lowest BCUT2D eigenvalue weighted by Gasteiger charge is -2.25. The average Bonchev–Trinajstić information content (AvgIpc) is 3.42. The van der Waals surface area contributed by atoms with E-state index in [2.05, 4.69) is 10.3 Å². The number of anilines is 1. The minimum atomic E-state index is -0.726. The summed E-state index contributed by atoms with van der Waals surface area (Å²) in [6, 6.07) is 18.1. The Hall–Kier alpha value is -3.62. The summed E-state index contributed by atoms with van der Waals surface area (Å²) in [5.41, 5.74) is 1.89. The van der Waals surface area contributed by atoms with E-state index < -0.39 is 6.04 Å². The third-order valence-corrected chi connectivity index (χ3v) is 7.10. The molecule has 1 atom stereocenters. The van der Waals surface area contributed by atoms with Gasteiger partial charge in [-0.25, -0.2) is 9.38 Å². The van der Waals surface area contributed by atoms with Crippen molar-refractivity contribution in [2.45, 2.75) is 13.0 Å². The molecule has 2 aromatic carbocycles. The average molecular weight is 476 g/mol. The number of hydrogen-bond donors (Lipinski definition) is 1. The molecule has 1 N–H and O–H groups in total. The zero-order chi connectivity index (χ0) is 22.9. The zero-order valence-electron chi connectivity index (χ0n) is 17.5. The van der Waals surface area contributed by atoms with Crippen LogP contribution in [0.15, 0.2) is 93.2 Å². The van der Waals surface area contributed by atoms with Crippen LogP contribution in [0.3, 0.4) is 0 Å². The number of allylic oxidation sites excluding steroid dienone is 1. The summed E-state index contributed by atoms with van der Waals surface area (Å²) in [4.78, 5) is 32.9. The van der Waals surface area contributed by atoms with Crippen LogP contribution in [0.5, 0.6) is 0 Å². The lowest BCUT2D eigenvalue weighted by Crippen LogP contribution is -2.40. The third kappa shape index (κ3) is 4.10. The van der Waals surface area contributed by atoms with Gasteiger partial charge in [-0.1, -0.05) is 47.7 Å². The van der Waals surface area contributed by atoms with Crippen molar-refractivity contribution in [3.8, 4) is 0 Å². The molecular formula is C25H18FN3O2S2. The lowest BCUT2D eigenvalue weighted by molar-refractivity contribution is -0.113. The summed E-state index contributed by atoms with van der Waals surface area (Å²) in [6.07, 6.45) is 1.83. The molecule has 5 nitrogen and oxygen atoms in total. The van der Waals surface area contributed by atoms with Crippen LogP contribution in [0, 0.1) is 5.82 Å². The van der Waals surface area contributed by atoms with Crippen molar-refractivity contribution in [1.82, 2.24) is 4.57 Å². The molecule has 0 radical (unpaired) electrons. The predicted molar refractivity (Wildman–Crippen MR) is 130 cm³/mol. The van der Waals surface area contributed by atoms with Crippen molar-refractivity contribution in [3.63, 3.8) is 0 Å². The Bertz CT molecular complexity index is 1530. The van der Waals surface area contributed by atoms with E-state index in [9.17, 15) is 14.0 Å². The van der Waals surface area contributed by atoms with Crippen LogP contribution in [-0.2, 0) is 4.79 Å². The molecule has 2 aromatic heterocycles. The van der Waals surface area contributed by atoms with Gasteiger partial charge in [0.1, 0.15) is 5.82 Å². The monoisotopic (exact) mass is 475 g/mol. The molecule has 0 spiro atoms. The molecule has 0 bridgehead atoms. The number of amides is 1. The Kier molecular flexibility index (Phi) is 5.62. The molecular weight excluding hydrogens is 457 g/mol. The minimum Gasteiger partial charge on any atom is -0.322 e. The van der Waals surface area contributed by atoms with E-state index in [0.717, 1.165) is 4.88 Å². The van der Waals surface area contributed by atoms with Crippen LogP contribution in [-0.4, -0.2) is 10.5 Å². The SMILES string of the molecule is CC1=C(C(=O)Nc2ccccc2)[C@@H](c2ccc(F)cc2)n2c(sc(=Cc3cccs3)c2=O)=N1. The Morgan fingerprint density at radius 3 is 2.55 bits per heavy atom. The van der Waals surface area contributed by atoms with E-state index in [0.29, 0.717) is 31.9 Å². The van der Waals surface area contributed by atoms with Gasteiger partial charge in [-0.05, 0) is 54.3 Å². The van der Waals surface area contributed by atoms with Crippen molar-refractivity contribution in [3.05, 3.63) is 119 Å². The van der Waals surface area contributed by atoms with E-state index in [1.54, 1.807) is 31.2 Å². The molecule has 33 heavy (non-hydrogen) atoms. The van der Waals surface area contributed by atoms with Crippen LogP contribution in [0.1, 0.15) is 23.4 Å². The second-order valence-electron chi connectivity index (χ2n) is 7.47. The van der Waals surface area contributed by atoms with Crippen molar-refractivity contribution in [2.24, 2.45) is 4.99 Å². The lowest BCUT2D eigenvalue weighted by atomic mass is 9.95. The number of aromatic nitrogens is 1. The molecule has 3 heterocycles. The van der Waals surface area contributed by atoms with Gasteiger partial charge in [0, 0.05) is 10.6 Å². The number of rotatable bonds is 4. The van der Waals surface area contributed by atoms with E-state index in [4.69, 9.17) is 0 Å². The summed E-state index contributed by atoms with van der Waals surface area (Å²) in [6.45, 7) is 1.76. The number of thiophene rings is 1. The van der Waals surface area contributed by atoms with Crippen LogP contribution in [0.25, 0.3) is 6.08 Å². The second-order valence-corrected chi connectivity index (χ2v) is 9.46. The molecule has 1 aliphatic heterocycles. The molecule has 0 fully saturated rings. The van der Waals surface area contributed by atoms with Crippen LogP contribution in [0.2, 0.25) is 0 Å². The first-order chi connectivity index (χ1) is 16.0. The molecule has 0 saturated carbocycles. The maximum absolute atomic E-state index is 13.7. The highest BCUT2D eigenvalue weighted by Crippen LogP contribution is 2.30. The molecule has 4 aromatic rings. The fourth-order valence-electron chi connectivity index (χ4n) is 3.79. The Labute approximate surface area is 196 Å². The summed E-state index contributed by atoms with van der Waals surface area (Å²) < 4.78 is 15.7. The summed E-state index contributed by atoms with van der Waals surface area (Å²) in [5, 5.41) is 4.84. The van der Waals surface area contributed by atoms with Crippen molar-refractivity contribution in [2.75, 3.05) is 5.32 Å². The molecule has 1 aliphatic rings. The first-order valence-electron chi connectivity index (χ1n) is 10.2. The van der Waals surface area contributed by atoms with Gasteiger partial charge in [-0.2, -0.15) is 0 Å². The molecule has 0 saturated heterocycles. The highest BCUT2D eigenvalue weighted by Gasteiger charge is 2.32. The molecule has 0 unspecified atom stereocenters. The number of halogens is 1. The minimum absolute atomic E-state index is 0.237. The van der Waals surface area contributed by atoms with Crippen LogP contribution in [0.4, 0.5) is 10.1 Å². The largest absolute Gasteiger partial charge is 0.322 e. The molecule has 0 aliphatic carbocycles. The summed E-state index contributed by atoms with van der Waals surface area (Å²) in [7, 11) is 0. The molecule has 164 valence electrons. The normalized spacial score (nSPS) is 15.8. The van der Waals surface area contributed by atoms with Crippen molar-refractivity contribution >= 4 is 40.3 Å². The maximum atomic E-state index is 13.7. The van der Waals surface area contributed by atoms with E-state index in [1.165, 1.54) is 39.4 Å². The van der Waals surface area contributed by atoms with Gasteiger partial charge in [0.05, 0.1) is 21.8 Å². The standard InChI is InChI=1S/C25H18FN3O2S2/c1-15-21(23(30)28-18-6-3-2-4-7-18)22(16-9-11-17(26)12-10-16)29-24(31)20(33-25(29)27-15)14-19-8-5-13-32-19/h2-14,22H,1H3,(H,28,30)/t22-/m1/s1. The first-order valence-corrected chi connectivity index (χ1v) is 11.9. The van der Waals surface area contributed by atoms with Gasteiger partial charge < -0.3 is 5.32 Å². The smallest absolute Gasteiger partial charge is 0.271 e. The van der Waals surface area contributed by atoms with Gasteiger partial charge in [0.2, 0.25) is 0 Å². The van der Waals surface area contributed by atoms with Gasteiger partial charge in [0.15, 0.2) is 4.80 Å². The predicted octanol–water partition coefficient (Wildman–Crippen LogP) is 4.07. The molecule has 8 heteroatoms. The number of nitrogens with one attached hydrogen (secondary N) is 1. The zero-order valence-corrected chi connectivity index (χ0v) is 19.1. The Morgan fingerprint density at radius 2 is 1.85 bits per heavy atom. The van der Waals surface area contributed by atoms with Gasteiger partial charge in [0.25, 0.3) is 11.5 Å². The molecule has 1 amide bonds. The maximum Gasteiger partial charge on any atom is 0.271 e. The third-order valence-electron chi connectivity index (χ3n) is 5.30. The topological polar surface area (TPSA) is 63.5 Å². The number of benzene rings is 2. The first kappa shape index (κ1) is 21.2. The number of para-hydroxylation sites is 1.